The Morgan fingerprint density at radius 3 is 2.88 bits per heavy atom. The molecule has 0 radical (unpaired) electrons. The van der Waals surface area contributed by atoms with E-state index in [4.69, 9.17) is 9.15 Å². The first-order chi connectivity index (χ1) is 12.6. The molecule has 0 spiro atoms. The largest absolute Gasteiger partial charge is 0.491 e. The quantitative estimate of drug-likeness (QED) is 0.605. The minimum absolute atomic E-state index is 0.0219. The van der Waals surface area contributed by atoms with Crippen molar-refractivity contribution in [1.29, 1.82) is 0 Å². The molecule has 6 nitrogen and oxygen atoms in total. The Hall–Kier alpha value is -2.67. The van der Waals surface area contributed by atoms with Crippen molar-refractivity contribution in [2.45, 2.75) is 19.8 Å². The van der Waals surface area contributed by atoms with Crippen LogP contribution in [0.2, 0.25) is 0 Å². The number of thiophene rings is 1. The molecule has 0 fully saturated rings. The molecule has 2 heterocycles. The highest BCUT2D eigenvalue weighted by atomic mass is 32.1. The molecule has 0 bridgehead atoms. The van der Waals surface area contributed by atoms with E-state index in [2.05, 4.69) is 10.2 Å². The molecule has 0 saturated carbocycles. The lowest BCUT2D eigenvalue weighted by atomic mass is 10.2. The summed E-state index contributed by atoms with van der Waals surface area (Å²) in [5.74, 6) is 1.84. The van der Waals surface area contributed by atoms with Crippen LogP contribution in [0.15, 0.2) is 45.5 Å². The lowest BCUT2D eigenvalue weighted by molar-refractivity contribution is -0.130. The van der Waals surface area contributed by atoms with E-state index >= 15 is 0 Å². The van der Waals surface area contributed by atoms with Crippen molar-refractivity contribution in [2.24, 2.45) is 0 Å². The van der Waals surface area contributed by atoms with Gasteiger partial charge >= 0.3 is 0 Å². The third kappa shape index (κ3) is 4.70. The second kappa shape index (κ2) is 8.62. The van der Waals surface area contributed by atoms with Crippen LogP contribution in [0.4, 0.5) is 0 Å². The van der Waals surface area contributed by atoms with Crippen LogP contribution in [0.3, 0.4) is 0 Å². The van der Waals surface area contributed by atoms with E-state index in [9.17, 15) is 4.79 Å². The monoisotopic (exact) mass is 371 g/mol. The predicted octanol–water partition coefficient (Wildman–Crippen LogP) is 3.58. The summed E-state index contributed by atoms with van der Waals surface area (Å²) in [6.07, 6.45) is 0.755. The summed E-state index contributed by atoms with van der Waals surface area (Å²) in [6, 6.07) is 9.76. The summed E-state index contributed by atoms with van der Waals surface area (Å²) >= 11 is 1.57. The van der Waals surface area contributed by atoms with Gasteiger partial charge in [0.1, 0.15) is 12.4 Å². The fraction of sp³-hybridized carbons (Fsp3) is 0.316. The molecule has 1 amide bonds. The molecule has 0 atom stereocenters. The predicted molar refractivity (Wildman–Crippen MR) is 100 cm³/mol. The van der Waals surface area contributed by atoms with Crippen LogP contribution in [0, 0.1) is 6.92 Å². The van der Waals surface area contributed by atoms with Crippen molar-refractivity contribution in [3.8, 4) is 17.2 Å². The van der Waals surface area contributed by atoms with Crippen molar-refractivity contribution in [3.63, 3.8) is 0 Å². The van der Waals surface area contributed by atoms with Crippen molar-refractivity contribution >= 4 is 17.2 Å². The van der Waals surface area contributed by atoms with Gasteiger partial charge in [0.15, 0.2) is 0 Å². The van der Waals surface area contributed by atoms with Gasteiger partial charge in [-0.05, 0) is 30.0 Å². The van der Waals surface area contributed by atoms with Gasteiger partial charge in [0.2, 0.25) is 17.7 Å². The first-order valence-corrected chi connectivity index (χ1v) is 9.35. The number of hydrogen-bond acceptors (Lipinski definition) is 6. The number of aryl methyl sites for hydroxylation is 2. The third-order valence-electron chi connectivity index (χ3n) is 3.99. The van der Waals surface area contributed by atoms with Crippen LogP contribution >= 0.6 is 11.3 Å². The fourth-order valence-corrected chi connectivity index (χ4v) is 3.03. The van der Waals surface area contributed by atoms with E-state index in [0.717, 1.165) is 16.9 Å². The Morgan fingerprint density at radius 2 is 2.12 bits per heavy atom. The Kier molecular flexibility index (Phi) is 6.01. The number of rotatable bonds is 8. The smallest absolute Gasteiger partial charge is 0.248 e. The molecular formula is C19H21N3O3S. The zero-order valence-electron chi connectivity index (χ0n) is 14.8. The molecule has 26 heavy (non-hydrogen) atoms. The Morgan fingerprint density at radius 1 is 1.27 bits per heavy atom. The molecule has 136 valence electrons. The number of likely N-dealkylation sites (N-methyl/N-ethyl adjacent to an activating group) is 1. The summed E-state index contributed by atoms with van der Waals surface area (Å²) in [7, 11) is 1.77. The lowest BCUT2D eigenvalue weighted by Gasteiger charge is -2.17. The van der Waals surface area contributed by atoms with E-state index in [1.807, 2.05) is 48.0 Å². The van der Waals surface area contributed by atoms with E-state index in [-0.39, 0.29) is 5.91 Å². The van der Waals surface area contributed by atoms with E-state index < -0.39 is 0 Å². The highest BCUT2D eigenvalue weighted by Gasteiger charge is 2.13. The molecular weight excluding hydrogens is 350 g/mol. The van der Waals surface area contributed by atoms with Gasteiger partial charge in [-0.2, -0.15) is 11.3 Å². The van der Waals surface area contributed by atoms with Crippen molar-refractivity contribution < 1.29 is 13.9 Å². The molecule has 0 aliphatic heterocycles. The third-order valence-corrected chi connectivity index (χ3v) is 4.67. The number of ether oxygens (including phenoxy) is 1. The second-order valence-electron chi connectivity index (χ2n) is 5.94. The number of carbonyl (C=O) groups is 1. The summed E-state index contributed by atoms with van der Waals surface area (Å²) in [5.41, 5.74) is 1.99. The summed E-state index contributed by atoms with van der Waals surface area (Å²) < 4.78 is 11.3. The number of benzene rings is 1. The Bertz CT molecular complexity index is 845. The standard InChI is InChI=1S/C19H21N3O3S/c1-14-5-3-4-6-16(14)24-11-10-22(2)18(23)8-7-17-20-21-19(25-17)15-9-12-26-13-15/h3-6,9,12-13H,7-8,10-11H2,1-2H3. The maximum Gasteiger partial charge on any atom is 0.248 e. The van der Waals surface area contributed by atoms with Crippen LogP contribution in [0.1, 0.15) is 17.9 Å². The SMILES string of the molecule is Cc1ccccc1OCCN(C)C(=O)CCc1nnc(-c2ccsc2)o1. The Labute approximate surface area is 156 Å². The van der Waals surface area contributed by atoms with Gasteiger partial charge in [-0.1, -0.05) is 18.2 Å². The fourth-order valence-electron chi connectivity index (χ4n) is 2.40. The Balaban J connectivity index is 1.42. The molecule has 0 aliphatic rings. The highest BCUT2D eigenvalue weighted by Crippen LogP contribution is 2.21. The maximum absolute atomic E-state index is 12.2. The average molecular weight is 371 g/mol. The summed E-state index contributed by atoms with van der Waals surface area (Å²) in [6.45, 7) is 2.98. The molecule has 1 aromatic carbocycles. The van der Waals surface area contributed by atoms with Gasteiger partial charge in [0.25, 0.3) is 0 Å². The number of para-hydroxylation sites is 1. The molecule has 0 N–H and O–H groups in total. The van der Waals surface area contributed by atoms with Gasteiger partial charge in [0.05, 0.1) is 6.54 Å². The van der Waals surface area contributed by atoms with Crippen LogP contribution in [-0.2, 0) is 11.2 Å². The maximum atomic E-state index is 12.2. The number of amides is 1. The van der Waals surface area contributed by atoms with Gasteiger partial charge < -0.3 is 14.1 Å². The average Bonchev–Trinajstić information content (AvgIpc) is 3.32. The van der Waals surface area contributed by atoms with Crippen LogP contribution < -0.4 is 4.74 Å². The van der Waals surface area contributed by atoms with Crippen molar-refractivity contribution in [3.05, 3.63) is 52.5 Å². The van der Waals surface area contributed by atoms with Gasteiger partial charge in [-0.25, -0.2) is 0 Å². The van der Waals surface area contributed by atoms with Gasteiger partial charge in [-0.15, -0.1) is 10.2 Å². The normalized spacial score (nSPS) is 10.7. The lowest BCUT2D eigenvalue weighted by Crippen LogP contribution is -2.31. The molecule has 2 aromatic heterocycles. The summed E-state index contributed by atoms with van der Waals surface area (Å²) in [4.78, 5) is 13.9. The van der Waals surface area contributed by atoms with Crippen LogP contribution in [0.25, 0.3) is 11.5 Å². The topological polar surface area (TPSA) is 68.5 Å². The molecule has 3 rings (SSSR count). The van der Waals surface area contributed by atoms with Crippen molar-refractivity contribution in [2.75, 3.05) is 20.2 Å². The molecule has 3 aromatic rings. The molecule has 0 aliphatic carbocycles. The van der Waals surface area contributed by atoms with Gasteiger partial charge in [-0.3, -0.25) is 4.79 Å². The van der Waals surface area contributed by atoms with Crippen LogP contribution in [-0.4, -0.2) is 41.2 Å². The van der Waals surface area contributed by atoms with E-state index in [1.54, 1.807) is 23.3 Å². The number of hydrogen-bond donors (Lipinski definition) is 0. The molecule has 0 saturated heterocycles. The van der Waals surface area contributed by atoms with E-state index in [1.165, 1.54) is 0 Å². The van der Waals surface area contributed by atoms with Crippen LogP contribution in [0.5, 0.6) is 5.75 Å². The minimum Gasteiger partial charge on any atom is -0.491 e. The minimum atomic E-state index is 0.0219. The zero-order valence-corrected chi connectivity index (χ0v) is 15.7. The molecule has 0 unspecified atom stereocenters. The first-order valence-electron chi connectivity index (χ1n) is 8.41. The number of aromatic nitrogens is 2. The molecule has 7 heteroatoms. The second-order valence-corrected chi connectivity index (χ2v) is 6.72. The number of carbonyl (C=O) groups excluding carboxylic acids is 1. The van der Waals surface area contributed by atoms with Gasteiger partial charge in [0, 0.05) is 30.8 Å². The zero-order chi connectivity index (χ0) is 18.4. The number of nitrogens with zero attached hydrogens (tertiary/aromatic N) is 3. The first kappa shape index (κ1) is 18.1. The summed E-state index contributed by atoms with van der Waals surface area (Å²) in [5, 5.41) is 11.9. The van der Waals surface area contributed by atoms with Crippen molar-refractivity contribution in [1.82, 2.24) is 15.1 Å². The van der Waals surface area contributed by atoms with E-state index in [0.29, 0.717) is 37.8 Å². The highest BCUT2D eigenvalue weighted by molar-refractivity contribution is 7.08.